The molecule has 0 amide bonds. The third-order valence-corrected chi connectivity index (χ3v) is 2.99. The number of oxime groups is 1. The molecular weight excluding hydrogens is 290 g/mol. The molecule has 0 radical (unpaired) electrons. The van der Waals surface area contributed by atoms with Crippen LogP contribution in [-0.4, -0.2) is 18.0 Å². The van der Waals surface area contributed by atoms with Gasteiger partial charge in [0.2, 0.25) is 0 Å². The standard InChI is InChI=1S/C16H16ClNO3/c1-2-20-16-9-12(10-18-19)6-7-15(16)21-11-13-4-3-5-14(17)8-13/h3-10,19H,2,11H2,1H3/b18-10-. The molecule has 5 heteroatoms. The molecule has 0 heterocycles. The van der Waals surface area contributed by atoms with Gasteiger partial charge in [-0.15, -0.1) is 0 Å². The van der Waals surface area contributed by atoms with Gasteiger partial charge >= 0.3 is 0 Å². The Hall–Kier alpha value is -2.20. The van der Waals surface area contributed by atoms with E-state index in [1.54, 1.807) is 18.2 Å². The summed E-state index contributed by atoms with van der Waals surface area (Å²) in [6, 6.07) is 12.8. The number of ether oxygens (including phenoxy) is 2. The van der Waals surface area contributed by atoms with Gasteiger partial charge < -0.3 is 14.7 Å². The maximum Gasteiger partial charge on any atom is 0.161 e. The quantitative estimate of drug-likeness (QED) is 0.496. The summed E-state index contributed by atoms with van der Waals surface area (Å²) >= 11 is 5.94. The van der Waals surface area contributed by atoms with Crippen LogP contribution in [0, 0.1) is 0 Å². The predicted octanol–water partition coefficient (Wildman–Crippen LogP) is 4.13. The average molecular weight is 306 g/mol. The number of nitrogens with zero attached hydrogens (tertiary/aromatic N) is 1. The summed E-state index contributed by atoms with van der Waals surface area (Å²) in [5.74, 6) is 1.24. The van der Waals surface area contributed by atoms with Gasteiger partial charge in [0.1, 0.15) is 6.61 Å². The Bertz CT molecular complexity index is 629. The molecule has 4 nitrogen and oxygen atoms in total. The highest BCUT2D eigenvalue weighted by molar-refractivity contribution is 6.30. The molecule has 110 valence electrons. The van der Waals surface area contributed by atoms with Crippen molar-refractivity contribution in [1.29, 1.82) is 0 Å². The van der Waals surface area contributed by atoms with E-state index < -0.39 is 0 Å². The maximum absolute atomic E-state index is 8.57. The molecule has 0 aromatic heterocycles. The minimum Gasteiger partial charge on any atom is -0.490 e. The van der Waals surface area contributed by atoms with Crippen LogP contribution in [0.2, 0.25) is 5.02 Å². The third kappa shape index (κ3) is 4.39. The van der Waals surface area contributed by atoms with Crippen LogP contribution >= 0.6 is 11.6 Å². The maximum atomic E-state index is 8.57. The molecular formula is C16H16ClNO3. The monoisotopic (exact) mass is 305 g/mol. The van der Waals surface area contributed by atoms with Crippen LogP contribution < -0.4 is 9.47 Å². The molecule has 0 spiro atoms. The van der Waals surface area contributed by atoms with Gasteiger partial charge in [-0.2, -0.15) is 0 Å². The molecule has 1 N–H and O–H groups in total. The highest BCUT2D eigenvalue weighted by Gasteiger charge is 2.06. The van der Waals surface area contributed by atoms with Crippen molar-refractivity contribution < 1.29 is 14.7 Å². The summed E-state index contributed by atoms with van der Waals surface area (Å²) < 4.78 is 11.3. The molecule has 0 atom stereocenters. The van der Waals surface area contributed by atoms with Gasteiger partial charge in [0, 0.05) is 10.6 Å². The summed E-state index contributed by atoms with van der Waals surface area (Å²) in [5.41, 5.74) is 1.71. The molecule has 2 aromatic carbocycles. The molecule has 0 unspecified atom stereocenters. The Labute approximate surface area is 128 Å². The van der Waals surface area contributed by atoms with Crippen LogP contribution in [0.4, 0.5) is 0 Å². The van der Waals surface area contributed by atoms with E-state index in [9.17, 15) is 0 Å². The second kappa shape index (κ2) is 7.55. The van der Waals surface area contributed by atoms with Crippen molar-refractivity contribution >= 4 is 17.8 Å². The Morgan fingerprint density at radius 1 is 1.14 bits per heavy atom. The van der Waals surface area contributed by atoms with E-state index in [0.29, 0.717) is 29.7 Å². The van der Waals surface area contributed by atoms with Gasteiger partial charge in [-0.05, 0) is 42.8 Å². The average Bonchev–Trinajstić information content (AvgIpc) is 2.47. The highest BCUT2D eigenvalue weighted by atomic mass is 35.5. The summed E-state index contributed by atoms with van der Waals surface area (Å²) in [7, 11) is 0. The van der Waals surface area contributed by atoms with Crippen LogP contribution in [-0.2, 0) is 6.61 Å². The zero-order valence-corrected chi connectivity index (χ0v) is 12.4. The molecule has 21 heavy (non-hydrogen) atoms. The summed E-state index contributed by atoms with van der Waals surface area (Å²) in [6.45, 7) is 2.81. The Balaban J connectivity index is 2.14. The smallest absolute Gasteiger partial charge is 0.161 e. The lowest BCUT2D eigenvalue weighted by Crippen LogP contribution is -2.00. The SMILES string of the molecule is CCOc1cc(/C=N\O)ccc1OCc1cccc(Cl)c1. The Morgan fingerprint density at radius 3 is 2.71 bits per heavy atom. The van der Waals surface area contributed by atoms with Crippen molar-refractivity contribution in [1.82, 2.24) is 0 Å². The van der Waals surface area contributed by atoms with Gasteiger partial charge in [-0.25, -0.2) is 0 Å². The van der Waals surface area contributed by atoms with E-state index in [4.69, 9.17) is 26.3 Å². The van der Waals surface area contributed by atoms with E-state index in [0.717, 1.165) is 11.1 Å². The van der Waals surface area contributed by atoms with Crippen LogP contribution in [0.5, 0.6) is 11.5 Å². The zero-order valence-electron chi connectivity index (χ0n) is 11.6. The summed E-state index contributed by atoms with van der Waals surface area (Å²) in [5, 5.41) is 12.3. The first-order valence-electron chi connectivity index (χ1n) is 6.54. The highest BCUT2D eigenvalue weighted by Crippen LogP contribution is 2.29. The Kier molecular flexibility index (Phi) is 5.46. The second-order valence-corrected chi connectivity index (χ2v) is 4.74. The fraction of sp³-hybridized carbons (Fsp3) is 0.188. The minimum absolute atomic E-state index is 0.397. The summed E-state index contributed by atoms with van der Waals surface area (Å²) in [6.07, 6.45) is 1.34. The number of benzene rings is 2. The number of rotatable bonds is 6. The lowest BCUT2D eigenvalue weighted by Gasteiger charge is -2.12. The lowest BCUT2D eigenvalue weighted by molar-refractivity contribution is 0.269. The number of hydrogen-bond acceptors (Lipinski definition) is 4. The predicted molar refractivity (Wildman–Crippen MR) is 82.8 cm³/mol. The molecule has 0 fully saturated rings. The van der Waals surface area contributed by atoms with Crippen molar-refractivity contribution in [3.05, 3.63) is 58.6 Å². The fourth-order valence-corrected chi connectivity index (χ4v) is 2.06. The van der Waals surface area contributed by atoms with Gasteiger partial charge in [-0.1, -0.05) is 28.9 Å². The molecule has 2 rings (SSSR count). The van der Waals surface area contributed by atoms with Gasteiger partial charge in [-0.3, -0.25) is 0 Å². The first-order valence-corrected chi connectivity index (χ1v) is 6.92. The van der Waals surface area contributed by atoms with Gasteiger partial charge in [0.05, 0.1) is 12.8 Å². The van der Waals surface area contributed by atoms with Crippen molar-refractivity contribution in [2.75, 3.05) is 6.61 Å². The first kappa shape index (κ1) is 15.2. The normalized spacial score (nSPS) is 10.8. The van der Waals surface area contributed by atoms with E-state index in [1.165, 1.54) is 6.21 Å². The van der Waals surface area contributed by atoms with Crippen molar-refractivity contribution in [2.24, 2.45) is 5.16 Å². The van der Waals surface area contributed by atoms with Crippen LogP contribution in [0.1, 0.15) is 18.1 Å². The third-order valence-electron chi connectivity index (χ3n) is 2.76. The minimum atomic E-state index is 0.397. The first-order chi connectivity index (χ1) is 10.2. The van der Waals surface area contributed by atoms with E-state index in [-0.39, 0.29) is 0 Å². The van der Waals surface area contributed by atoms with Crippen molar-refractivity contribution in [3.63, 3.8) is 0 Å². The second-order valence-electron chi connectivity index (χ2n) is 4.30. The zero-order chi connectivity index (χ0) is 15.1. The number of halogens is 1. The largest absolute Gasteiger partial charge is 0.490 e. The molecule has 0 aliphatic heterocycles. The summed E-state index contributed by atoms with van der Waals surface area (Å²) in [4.78, 5) is 0. The van der Waals surface area contributed by atoms with Gasteiger partial charge in [0.25, 0.3) is 0 Å². The Morgan fingerprint density at radius 2 is 2.00 bits per heavy atom. The molecule has 0 saturated carbocycles. The molecule has 0 aliphatic carbocycles. The van der Waals surface area contributed by atoms with Crippen molar-refractivity contribution in [2.45, 2.75) is 13.5 Å². The van der Waals surface area contributed by atoms with Crippen LogP contribution in [0.15, 0.2) is 47.6 Å². The van der Waals surface area contributed by atoms with E-state index in [2.05, 4.69) is 5.16 Å². The lowest BCUT2D eigenvalue weighted by atomic mass is 10.2. The van der Waals surface area contributed by atoms with Crippen LogP contribution in [0.25, 0.3) is 0 Å². The van der Waals surface area contributed by atoms with Gasteiger partial charge in [0.15, 0.2) is 11.5 Å². The number of hydrogen-bond donors (Lipinski definition) is 1. The molecule has 0 saturated heterocycles. The molecule has 0 bridgehead atoms. The van der Waals surface area contributed by atoms with E-state index in [1.807, 2.05) is 31.2 Å². The van der Waals surface area contributed by atoms with Crippen molar-refractivity contribution in [3.8, 4) is 11.5 Å². The molecule has 2 aromatic rings. The van der Waals surface area contributed by atoms with E-state index >= 15 is 0 Å². The topological polar surface area (TPSA) is 51.0 Å². The van der Waals surface area contributed by atoms with Crippen LogP contribution in [0.3, 0.4) is 0 Å². The molecule has 0 aliphatic rings. The fourth-order valence-electron chi connectivity index (χ4n) is 1.85.